The Morgan fingerprint density at radius 3 is 2.94 bits per heavy atom. The van der Waals surface area contributed by atoms with E-state index in [1.807, 2.05) is 17.0 Å². The highest BCUT2D eigenvalue weighted by Crippen LogP contribution is 2.32. The molecular formula is C13H18N2O. The average Bonchev–Trinajstić information content (AvgIpc) is 2.58. The summed E-state index contributed by atoms with van der Waals surface area (Å²) in [5.74, 6) is 0.184. The van der Waals surface area contributed by atoms with E-state index in [2.05, 4.69) is 13.0 Å². The predicted octanol–water partition coefficient (Wildman–Crippen LogP) is 1.49. The molecule has 16 heavy (non-hydrogen) atoms. The molecule has 2 rings (SSSR count). The third kappa shape index (κ3) is 1.83. The lowest BCUT2D eigenvalue weighted by atomic mass is 10.0. The number of anilines is 1. The second-order valence-corrected chi connectivity index (χ2v) is 4.19. The molecule has 1 aliphatic rings. The number of nitrogens with zero attached hydrogens (tertiary/aromatic N) is 1. The van der Waals surface area contributed by atoms with Crippen molar-refractivity contribution in [2.45, 2.75) is 26.2 Å². The van der Waals surface area contributed by atoms with Gasteiger partial charge in [0.1, 0.15) is 0 Å². The molecule has 1 aliphatic heterocycles. The standard InChI is InChI=1S/C13H18N2O/c1-2-4-10-5-3-6-11-9-12(16)15(8-7-14)13(10)11/h3,5-6H,2,4,7-9,14H2,1H3. The van der Waals surface area contributed by atoms with Gasteiger partial charge in [-0.05, 0) is 17.5 Å². The Kier molecular flexibility index (Phi) is 3.25. The monoisotopic (exact) mass is 218 g/mol. The van der Waals surface area contributed by atoms with Crippen LogP contribution >= 0.6 is 0 Å². The predicted molar refractivity (Wildman–Crippen MR) is 65.5 cm³/mol. The van der Waals surface area contributed by atoms with E-state index >= 15 is 0 Å². The second kappa shape index (κ2) is 4.66. The number of benzene rings is 1. The largest absolute Gasteiger partial charge is 0.329 e. The summed E-state index contributed by atoms with van der Waals surface area (Å²) in [6.45, 7) is 3.31. The summed E-state index contributed by atoms with van der Waals surface area (Å²) in [6.07, 6.45) is 2.66. The van der Waals surface area contributed by atoms with Gasteiger partial charge in [-0.15, -0.1) is 0 Å². The van der Waals surface area contributed by atoms with E-state index in [-0.39, 0.29) is 5.91 Å². The van der Waals surface area contributed by atoms with Gasteiger partial charge >= 0.3 is 0 Å². The Morgan fingerprint density at radius 2 is 2.25 bits per heavy atom. The third-order valence-electron chi connectivity index (χ3n) is 2.99. The molecule has 0 bridgehead atoms. The van der Waals surface area contributed by atoms with Crippen LogP contribution in [-0.4, -0.2) is 19.0 Å². The molecule has 0 saturated carbocycles. The molecule has 1 aromatic carbocycles. The van der Waals surface area contributed by atoms with Gasteiger partial charge in [0.05, 0.1) is 12.1 Å². The van der Waals surface area contributed by atoms with Crippen LogP contribution in [0.4, 0.5) is 5.69 Å². The van der Waals surface area contributed by atoms with Gasteiger partial charge in [0.15, 0.2) is 0 Å². The Labute approximate surface area is 96.2 Å². The Balaban J connectivity index is 2.40. The number of fused-ring (bicyclic) bond motifs is 1. The van der Waals surface area contributed by atoms with Gasteiger partial charge in [0.25, 0.3) is 0 Å². The van der Waals surface area contributed by atoms with Crippen molar-refractivity contribution in [3.63, 3.8) is 0 Å². The number of carbonyl (C=O) groups is 1. The molecule has 0 fully saturated rings. The van der Waals surface area contributed by atoms with E-state index in [0.717, 1.165) is 24.1 Å². The second-order valence-electron chi connectivity index (χ2n) is 4.19. The van der Waals surface area contributed by atoms with Crippen molar-refractivity contribution in [2.75, 3.05) is 18.0 Å². The van der Waals surface area contributed by atoms with Crippen LogP contribution < -0.4 is 10.6 Å². The van der Waals surface area contributed by atoms with Gasteiger partial charge in [0.2, 0.25) is 5.91 Å². The van der Waals surface area contributed by atoms with E-state index in [4.69, 9.17) is 5.73 Å². The Morgan fingerprint density at radius 1 is 1.44 bits per heavy atom. The van der Waals surface area contributed by atoms with Crippen molar-refractivity contribution in [1.82, 2.24) is 0 Å². The molecule has 0 spiro atoms. The van der Waals surface area contributed by atoms with E-state index in [1.165, 1.54) is 5.56 Å². The van der Waals surface area contributed by atoms with Crippen molar-refractivity contribution >= 4 is 11.6 Å². The van der Waals surface area contributed by atoms with Crippen LogP contribution in [0.5, 0.6) is 0 Å². The molecule has 0 saturated heterocycles. The van der Waals surface area contributed by atoms with Crippen LogP contribution in [0, 0.1) is 0 Å². The molecule has 3 nitrogen and oxygen atoms in total. The minimum Gasteiger partial charge on any atom is -0.329 e. The van der Waals surface area contributed by atoms with Crippen LogP contribution in [0.25, 0.3) is 0 Å². The van der Waals surface area contributed by atoms with Gasteiger partial charge in [-0.2, -0.15) is 0 Å². The Bertz CT molecular complexity index is 401. The van der Waals surface area contributed by atoms with Crippen LogP contribution in [-0.2, 0) is 17.6 Å². The number of rotatable bonds is 4. The first kappa shape index (κ1) is 11.1. The molecule has 1 heterocycles. The van der Waals surface area contributed by atoms with Crippen molar-refractivity contribution in [1.29, 1.82) is 0 Å². The number of carbonyl (C=O) groups excluding carboxylic acids is 1. The lowest BCUT2D eigenvalue weighted by molar-refractivity contribution is -0.117. The number of aryl methyl sites for hydroxylation is 1. The first-order chi connectivity index (χ1) is 7.77. The van der Waals surface area contributed by atoms with E-state index < -0.39 is 0 Å². The summed E-state index contributed by atoms with van der Waals surface area (Å²) in [5, 5.41) is 0. The Hall–Kier alpha value is -1.35. The molecule has 86 valence electrons. The van der Waals surface area contributed by atoms with Crippen LogP contribution in [0.1, 0.15) is 24.5 Å². The fraction of sp³-hybridized carbons (Fsp3) is 0.462. The molecule has 0 radical (unpaired) electrons. The first-order valence-electron chi connectivity index (χ1n) is 5.89. The van der Waals surface area contributed by atoms with Crippen LogP contribution in [0.15, 0.2) is 18.2 Å². The van der Waals surface area contributed by atoms with Gasteiger partial charge in [0, 0.05) is 13.1 Å². The topological polar surface area (TPSA) is 46.3 Å². The van der Waals surface area contributed by atoms with Crippen LogP contribution in [0.3, 0.4) is 0 Å². The molecule has 3 heteroatoms. The number of para-hydroxylation sites is 1. The number of amides is 1. The minimum atomic E-state index is 0.184. The molecule has 1 amide bonds. The summed E-state index contributed by atoms with van der Waals surface area (Å²) in [6, 6.07) is 6.20. The maximum absolute atomic E-state index is 11.8. The smallest absolute Gasteiger partial charge is 0.231 e. The van der Waals surface area contributed by atoms with Crippen molar-refractivity contribution in [3.05, 3.63) is 29.3 Å². The zero-order valence-corrected chi connectivity index (χ0v) is 9.70. The fourth-order valence-corrected chi connectivity index (χ4v) is 2.35. The SMILES string of the molecule is CCCc1cccc2c1N(CCN)C(=O)C2. The molecule has 0 unspecified atom stereocenters. The summed E-state index contributed by atoms with van der Waals surface area (Å²) in [7, 11) is 0. The highest BCUT2D eigenvalue weighted by atomic mass is 16.2. The number of hydrogen-bond acceptors (Lipinski definition) is 2. The molecular weight excluding hydrogens is 200 g/mol. The number of hydrogen-bond donors (Lipinski definition) is 1. The zero-order valence-electron chi connectivity index (χ0n) is 9.70. The maximum Gasteiger partial charge on any atom is 0.231 e. The van der Waals surface area contributed by atoms with Crippen molar-refractivity contribution < 1.29 is 4.79 Å². The molecule has 0 aliphatic carbocycles. The first-order valence-corrected chi connectivity index (χ1v) is 5.89. The summed E-state index contributed by atoms with van der Waals surface area (Å²) in [4.78, 5) is 13.7. The molecule has 0 aromatic heterocycles. The van der Waals surface area contributed by atoms with Crippen LogP contribution in [0.2, 0.25) is 0 Å². The molecule has 2 N–H and O–H groups in total. The molecule has 0 atom stereocenters. The van der Waals surface area contributed by atoms with Crippen molar-refractivity contribution in [2.24, 2.45) is 5.73 Å². The van der Waals surface area contributed by atoms with E-state index in [0.29, 0.717) is 19.5 Å². The van der Waals surface area contributed by atoms with Gasteiger partial charge in [-0.25, -0.2) is 0 Å². The maximum atomic E-state index is 11.8. The summed E-state index contributed by atoms with van der Waals surface area (Å²) in [5.41, 5.74) is 9.12. The lowest BCUT2D eigenvalue weighted by Crippen LogP contribution is -2.32. The lowest BCUT2D eigenvalue weighted by Gasteiger charge is -2.19. The normalized spacial score (nSPS) is 14.4. The zero-order chi connectivity index (χ0) is 11.5. The van der Waals surface area contributed by atoms with Gasteiger partial charge in [-0.3, -0.25) is 4.79 Å². The highest BCUT2D eigenvalue weighted by Gasteiger charge is 2.28. The average molecular weight is 218 g/mol. The summed E-state index contributed by atoms with van der Waals surface area (Å²) >= 11 is 0. The highest BCUT2D eigenvalue weighted by molar-refractivity contribution is 6.02. The van der Waals surface area contributed by atoms with E-state index in [9.17, 15) is 4.79 Å². The summed E-state index contributed by atoms with van der Waals surface area (Å²) < 4.78 is 0. The molecule has 1 aromatic rings. The van der Waals surface area contributed by atoms with Gasteiger partial charge in [-0.1, -0.05) is 31.5 Å². The number of nitrogens with two attached hydrogens (primary N) is 1. The quantitative estimate of drug-likeness (QED) is 0.832. The minimum absolute atomic E-state index is 0.184. The fourth-order valence-electron chi connectivity index (χ4n) is 2.35. The van der Waals surface area contributed by atoms with Crippen molar-refractivity contribution in [3.8, 4) is 0 Å². The van der Waals surface area contributed by atoms with Gasteiger partial charge < -0.3 is 10.6 Å². The van der Waals surface area contributed by atoms with E-state index in [1.54, 1.807) is 0 Å². The third-order valence-corrected chi connectivity index (χ3v) is 2.99.